The van der Waals surface area contributed by atoms with Crippen LogP contribution in [0.15, 0.2) is 18.2 Å². The number of nitrogens with one attached hydrogen (secondary N) is 2. The van der Waals surface area contributed by atoms with Gasteiger partial charge in [-0.25, -0.2) is 0 Å². The molecular weight excluding hydrogens is 270 g/mol. The third-order valence-electron chi connectivity index (χ3n) is 4.03. The van der Waals surface area contributed by atoms with Crippen LogP contribution >= 0.6 is 0 Å². The van der Waals surface area contributed by atoms with Crippen LogP contribution in [0, 0.1) is 23.0 Å². The molecule has 0 aliphatic carbocycles. The zero-order valence-corrected chi connectivity index (χ0v) is 12.2. The van der Waals surface area contributed by atoms with E-state index in [1.54, 1.807) is 13.0 Å². The van der Waals surface area contributed by atoms with Crippen LogP contribution in [0.5, 0.6) is 0 Å². The maximum atomic E-state index is 11.8. The van der Waals surface area contributed by atoms with Gasteiger partial charge in [-0.15, -0.1) is 0 Å². The Morgan fingerprint density at radius 2 is 2.33 bits per heavy atom. The highest BCUT2D eigenvalue weighted by molar-refractivity contribution is 5.75. The lowest BCUT2D eigenvalue weighted by Crippen LogP contribution is -2.24. The maximum absolute atomic E-state index is 11.8. The molecule has 0 radical (unpaired) electrons. The molecule has 1 unspecified atom stereocenters. The molecule has 1 fully saturated rings. The van der Waals surface area contributed by atoms with Gasteiger partial charge in [0.15, 0.2) is 0 Å². The van der Waals surface area contributed by atoms with Crippen LogP contribution < -0.4 is 10.6 Å². The number of hydrogen-bond acceptors (Lipinski definition) is 4. The molecule has 1 aromatic rings. The Bertz CT molecular complexity index is 525. The number of nitrogens with zero attached hydrogens (tertiary/aromatic N) is 1. The molecule has 2 N–H and O–H groups in total. The fourth-order valence-corrected chi connectivity index (χ4v) is 2.64. The molecule has 1 aliphatic rings. The second kappa shape index (κ2) is 7.17. The van der Waals surface area contributed by atoms with E-state index in [9.17, 15) is 14.9 Å². The molecule has 21 heavy (non-hydrogen) atoms. The van der Waals surface area contributed by atoms with Gasteiger partial charge < -0.3 is 10.6 Å². The quantitative estimate of drug-likeness (QED) is 0.619. The standard InChI is InChI=1S/C15H21N3O3/c1-11-13(3-2-4-14(11)18(20)21)10-17-15(19)6-5-12-7-8-16-9-12/h2-4,12,16H,5-10H2,1H3,(H,17,19). The SMILES string of the molecule is Cc1c(CNC(=O)CCC2CCNC2)cccc1[N+](=O)[O-]. The van der Waals surface area contributed by atoms with Gasteiger partial charge in [0.2, 0.25) is 5.91 Å². The van der Waals surface area contributed by atoms with E-state index in [0.29, 0.717) is 24.4 Å². The van der Waals surface area contributed by atoms with Gasteiger partial charge in [0.25, 0.3) is 5.69 Å². The molecule has 1 saturated heterocycles. The zero-order chi connectivity index (χ0) is 15.2. The summed E-state index contributed by atoms with van der Waals surface area (Å²) in [5.41, 5.74) is 1.50. The Labute approximate surface area is 124 Å². The largest absolute Gasteiger partial charge is 0.352 e. The molecule has 1 heterocycles. The molecule has 1 amide bonds. The van der Waals surface area contributed by atoms with E-state index >= 15 is 0 Å². The Morgan fingerprint density at radius 1 is 1.52 bits per heavy atom. The Morgan fingerprint density at radius 3 is 3.00 bits per heavy atom. The first-order valence-corrected chi connectivity index (χ1v) is 7.28. The number of nitro benzene ring substituents is 1. The highest BCUT2D eigenvalue weighted by Gasteiger charge is 2.16. The van der Waals surface area contributed by atoms with Crippen molar-refractivity contribution in [1.82, 2.24) is 10.6 Å². The highest BCUT2D eigenvalue weighted by atomic mass is 16.6. The second-order valence-electron chi connectivity index (χ2n) is 5.49. The topological polar surface area (TPSA) is 84.3 Å². The van der Waals surface area contributed by atoms with E-state index in [2.05, 4.69) is 10.6 Å². The van der Waals surface area contributed by atoms with E-state index < -0.39 is 4.92 Å². The van der Waals surface area contributed by atoms with Crippen molar-refractivity contribution in [1.29, 1.82) is 0 Å². The van der Waals surface area contributed by atoms with Crippen LogP contribution in [0.25, 0.3) is 0 Å². The summed E-state index contributed by atoms with van der Waals surface area (Å²) >= 11 is 0. The van der Waals surface area contributed by atoms with Crippen molar-refractivity contribution >= 4 is 11.6 Å². The second-order valence-corrected chi connectivity index (χ2v) is 5.49. The number of rotatable bonds is 6. The molecular formula is C15H21N3O3. The third kappa shape index (κ3) is 4.26. The third-order valence-corrected chi connectivity index (χ3v) is 4.03. The average molecular weight is 291 g/mol. The molecule has 1 aliphatic heterocycles. The highest BCUT2D eigenvalue weighted by Crippen LogP contribution is 2.21. The minimum absolute atomic E-state index is 0.00723. The van der Waals surface area contributed by atoms with Crippen molar-refractivity contribution < 1.29 is 9.72 Å². The summed E-state index contributed by atoms with van der Waals surface area (Å²) in [5.74, 6) is 0.600. The summed E-state index contributed by atoms with van der Waals surface area (Å²) in [5, 5.41) is 17.0. The lowest BCUT2D eigenvalue weighted by molar-refractivity contribution is -0.385. The molecule has 6 nitrogen and oxygen atoms in total. The van der Waals surface area contributed by atoms with E-state index in [1.807, 2.05) is 6.07 Å². The number of carbonyl (C=O) groups excluding carboxylic acids is 1. The first kappa shape index (κ1) is 15.4. The van der Waals surface area contributed by atoms with Crippen LogP contribution in [0.3, 0.4) is 0 Å². The lowest BCUT2D eigenvalue weighted by atomic mass is 10.0. The Kier molecular flexibility index (Phi) is 5.27. The van der Waals surface area contributed by atoms with Gasteiger partial charge >= 0.3 is 0 Å². The van der Waals surface area contributed by atoms with Crippen LogP contribution in [-0.2, 0) is 11.3 Å². The zero-order valence-electron chi connectivity index (χ0n) is 12.2. The number of benzene rings is 1. The fourth-order valence-electron chi connectivity index (χ4n) is 2.64. The van der Waals surface area contributed by atoms with Gasteiger partial charge in [0.05, 0.1) is 4.92 Å². The number of nitro groups is 1. The fraction of sp³-hybridized carbons (Fsp3) is 0.533. The Balaban J connectivity index is 1.83. The average Bonchev–Trinajstić information content (AvgIpc) is 2.97. The molecule has 0 aromatic heterocycles. The van der Waals surface area contributed by atoms with Crippen molar-refractivity contribution in [3.63, 3.8) is 0 Å². The van der Waals surface area contributed by atoms with Crippen LogP contribution in [-0.4, -0.2) is 23.9 Å². The van der Waals surface area contributed by atoms with Gasteiger partial charge in [0, 0.05) is 24.6 Å². The smallest absolute Gasteiger partial charge is 0.272 e. The van der Waals surface area contributed by atoms with Gasteiger partial charge in [-0.2, -0.15) is 0 Å². The van der Waals surface area contributed by atoms with Crippen LogP contribution in [0.4, 0.5) is 5.69 Å². The Hall–Kier alpha value is -1.95. The van der Waals surface area contributed by atoms with Crippen molar-refractivity contribution in [3.8, 4) is 0 Å². The van der Waals surface area contributed by atoms with Crippen LogP contribution in [0.2, 0.25) is 0 Å². The van der Waals surface area contributed by atoms with Gasteiger partial charge in [-0.3, -0.25) is 14.9 Å². The first-order valence-electron chi connectivity index (χ1n) is 7.28. The molecule has 2 rings (SSSR count). The molecule has 6 heteroatoms. The number of hydrogen-bond donors (Lipinski definition) is 2. The minimum Gasteiger partial charge on any atom is -0.352 e. The number of amides is 1. The molecule has 0 saturated carbocycles. The molecule has 0 bridgehead atoms. The summed E-state index contributed by atoms with van der Waals surface area (Å²) < 4.78 is 0. The van der Waals surface area contributed by atoms with Gasteiger partial charge in [-0.05, 0) is 44.3 Å². The van der Waals surface area contributed by atoms with Crippen LogP contribution in [0.1, 0.15) is 30.4 Å². The predicted molar refractivity (Wildman–Crippen MR) is 79.9 cm³/mol. The molecule has 0 spiro atoms. The van der Waals surface area contributed by atoms with Crippen molar-refractivity contribution in [3.05, 3.63) is 39.4 Å². The summed E-state index contributed by atoms with van der Waals surface area (Å²) in [6.45, 7) is 4.09. The predicted octanol–water partition coefficient (Wildman–Crippen LogP) is 1.91. The summed E-state index contributed by atoms with van der Waals surface area (Å²) in [6.07, 6.45) is 2.55. The normalized spacial score (nSPS) is 17.7. The van der Waals surface area contributed by atoms with Gasteiger partial charge in [0.1, 0.15) is 0 Å². The van der Waals surface area contributed by atoms with E-state index in [-0.39, 0.29) is 11.6 Å². The molecule has 1 aromatic carbocycles. The van der Waals surface area contributed by atoms with E-state index in [0.717, 1.165) is 31.5 Å². The van der Waals surface area contributed by atoms with Crippen molar-refractivity contribution in [2.24, 2.45) is 5.92 Å². The first-order chi connectivity index (χ1) is 10.1. The van der Waals surface area contributed by atoms with Crippen molar-refractivity contribution in [2.45, 2.75) is 32.7 Å². The van der Waals surface area contributed by atoms with Gasteiger partial charge in [-0.1, -0.05) is 12.1 Å². The monoisotopic (exact) mass is 291 g/mol. The molecule has 1 atom stereocenters. The van der Waals surface area contributed by atoms with Crippen molar-refractivity contribution in [2.75, 3.05) is 13.1 Å². The number of carbonyl (C=O) groups is 1. The van der Waals surface area contributed by atoms with E-state index in [1.165, 1.54) is 6.07 Å². The maximum Gasteiger partial charge on any atom is 0.272 e. The summed E-state index contributed by atoms with van der Waals surface area (Å²) in [7, 11) is 0. The summed E-state index contributed by atoms with van der Waals surface area (Å²) in [4.78, 5) is 22.3. The lowest BCUT2D eigenvalue weighted by Gasteiger charge is -2.10. The molecule has 114 valence electrons. The minimum atomic E-state index is -0.395. The van der Waals surface area contributed by atoms with E-state index in [4.69, 9.17) is 0 Å². The summed E-state index contributed by atoms with van der Waals surface area (Å²) in [6, 6.07) is 4.94.